The van der Waals surface area contributed by atoms with Crippen molar-refractivity contribution in [2.75, 3.05) is 6.54 Å². The third-order valence-electron chi connectivity index (χ3n) is 5.60. The molecule has 170 valence electrons. The number of hydrogen-bond donors (Lipinski definition) is 1. The molecule has 0 unspecified atom stereocenters. The van der Waals surface area contributed by atoms with Gasteiger partial charge in [-0.3, -0.25) is 9.79 Å². The van der Waals surface area contributed by atoms with Gasteiger partial charge >= 0.3 is 0 Å². The van der Waals surface area contributed by atoms with Crippen LogP contribution in [0.4, 0.5) is 4.39 Å². The summed E-state index contributed by atoms with van der Waals surface area (Å²) in [5.74, 6) is 0.0447. The highest BCUT2D eigenvalue weighted by Crippen LogP contribution is 2.27. The Balaban J connectivity index is 1.43. The minimum absolute atomic E-state index is 0.162. The summed E-state index contributed by atoms with van der Waals surface area (Å²) in [7, 11) is 0. The van der Waals surface area contributed by atoms with Crippen LogP contribution in [0.3, 0.4) is 0 Å². The number of rotatable bonds is 7. The van der Waals surface area contributed by atoms with Crippen molar-refractivity contribution in [3.05, 3.63) is 84.1 Å². The molecule has 0 aliphatic carbocycles. The Kier molecular flexibility index (Phi) is 5.95. The number of nitrogens with one attached hydrogen (secondary N) is 1. The molecule has 1 N–H and O–H groups in total. The number of allylic oxidation sites excluding steroid dienone is 1. The van der Waals surface area contributed by atoms with Gasteiger partial charge in [0, 0.05) is 42.2 Å². The summed E-state index contributed by atoms with van der Waals surface area (Å²) in [5.41, 5.74) is 5.11. The number of aliphatic imine (C=N–C) groups is 1. The number of aromatic nitrogens is 4. The molecular weight excluding hydrogens is 431 g/mol. The molecule has 0 bridgehead atoms. The van der Waals surface area contributed by atoms with Crippen LogP contribution in [-0.4, -0.2) is 37.9 Å². The zero-order chi connectivity index (χ0) is 23.5. The van der Waals surface area contributed by atoms with Crippen LogP contribution in [-0.2, 0) is 0 Å². The summed E-state index contributed by atoms with van der Waals surface area (Å²) >= 11 is 0. The molecule has 0 spiro atoms. The van der Waals surface area contributed by atoms with Crippen LogP contribution >= 0.6 is 0 Å². The van der Waals surface area contributed by atoms with E-state index in [0.29, 0.717) is 40.2 Å². The molecular formula is C26H23FN6O. The lowest BCUT2D eigenvalue weighted by atomic mass is 10.1. The lowest BCUT2D eigenvalue weighted by Gasteiger charge is -2.11. The van der Waals surface area contributed by atoms with Crippen molar-refractivity contribution in [3.8, 4) is 17.1 Å². The lowest BCUT2D eigenvalue weighted by Crippen LogP contribution is -2.24. The molecule has 2 aromatic heterocycles. The van der Waals surface area contributed by atoms with Crippen molar-refractivity contribution in [2.45, 2.75) is 26.2 Å². The van der Waals surface area contributed by atoms with E-state index in [1.165, 1.54) is 12.1 Å². The second-order valence-electron chi connectivity index (χ2n) is 8.21. The number of halogens is 1. The standard InChI is InChI=1S/C26H23FN6O/c1-17-15-30-33(16-17)25-24(18-6-9-20(27)10-7-18)31-23-14-19(8-11-22(23)32-25)26(34)29-13-3-5-21-4-2-12-28-21/h2,6-12,14-16H,3-5,13H2,1H3,(H,29,34). The van der Waals surface area contributed by atoms with Gasteiger partial charge in [0.2, 0.25) is 0 Å². The first-order valence-electron chi connectivity index (χ1n) is 11.1. The number of hydrogen-bond acceptors (Lipinski definition) is 5. The van der Waals surface area contributed by atoms with Crippen LogP contribution in [0, 0.1) is 12.7 Å². The molecule has 0 saturated carbocycles. The highest BCUT2D eigenvalue weighted by molar-refractivity contribution is 5.97. The molecule has 4 aromatic rings. The Morgan fingerprint density at radius 2 is 1.97 bits per heavy atom. The smallest absolute Gasteiger partial charge is 0.251 e. The average molecular weight is 455 g/mol. The van der Waals surface area contributed by atoms with Crippen molar-refractivity contribution in [3.63, 3.8) is 0 Å². The number of aryl methyl sites for hydroxylation is 1. The highest BCUT2D eigenvalue weighted by atomic mass is 19.1. The molecule has 0 fully saturated rings. The van der Waals surface area contributed by atoms with E-state index in [4.69, 9.17) is 9.97 Å². The predicted octanol–water partition coefficient (Wildman–Crippen LogP) is 4.80. The molecule has 0 atom stereocenters. The van der Waals surface area contributed by atoms with E-state index in [9.17, 15) is 9.18 Å². The highest BCUT2D eigenvalue weighted by Gasteiger charge is 2.16. The second-order valence-corrected chi connectivity index (χ2v) is 8.21. The molecule has 34 heavy (non-hydrogen) atoms. The predicted molar refractivity (Wildman–Crippen MR) is 130 cm³/mol. The van der Waals surface area contributed by atoms with E-state index < -0.39 is 0 Å². The second kappa shape index (κ2) is 9.35. The lowest BCUT2D eigenvalue weighted by molar-refractivity contribution is 0.0953. The summed E-state index contributed by atoms with van der Waals surface area (Å²) in [4.78, 5) is 26.6. The van der Waals surface area contributed by atoms with Gasteiger partial charge in [-0.1, -0.05) is 6.08 Å². The number of benzene rings is 2. The van der Waals surface area contributed by atoms with Crippen molar-refractivity contribution in [1.29, 1.82) is 0 Å². The third kappa shape index (κ3) is 4.61. The van der Waals surface area contributed by atoms with Gasteiger partial charge in [0.1, 0.15) is 11.5 Å². The molecule has 8 heteroatoms. The quantitative estimate of drug-likeness (QED) is 0.407. The molecule has 5 rings (SSSR count). The van der Waals surface area contributed by atoms with Gasteiger partial charge in [0.15, 0.2) is 5.82 Å². The summed E-state index contributed by atoms with van der Waals surface area (Å²) in [6.45, 7) is 2.51. The third-order valence-corrected chi connectivity index (χ3v) is 5.60. The van der Waals surface area contributed by atoms with E-state index in [0.717, 1.165) is 30.5 Å². The maximum absolute atomic E-state index is 13.5. The SMILES string of the molecule is Cc1cnn(-c2nc3ccc(C(=O)NCCCC4=NC=CC4)cc3nc2-c2ccc(F)cc2)c1. The molecule has 2 aromatic carbocycles. The zero-order valence-corrected chi connectivity index (χ0v) is 18.7. The average Bonchev–Trinajstić information content (AvgIpc) is 3.53. The Morgan fingerprint density at radius 3 is 2.71 bits per heavy atom. The van der Waals surface area contributed by atoms with Gasteiger partial charge in [-0.2, -0.15) is 5.10 Å². The summed E-state index contributed by atoms with van der Waals surface area (Å²) in [5, 5.41) is 7.34. The Labute approximate surface area is 196 Å². The van der Waals surface area contributed by atoms with Gasteiger partial charge in [-0.25, -0.2) is 19.0 Å². The van der Waals surface area contributed by atoms with Crippen LogP contribution in [0.1, 0.15) is 35.2 Å². The zero-order valence-electron chi connectivity index (χ0n) is 18.7. The van der Waals surface area contributed by atoms with Crippen LogP contribution in [0.5, 0.6) is 0 Å². The molecule has 0 radical (unpaired) electrons. The fraction of sp³-hybridized carbons (Fsp3) is 0.192. The maximum Gasteiger partial charge on any atom is 0.251 e. The van der Waals surface area contributed by atoms with Gasteiger partial charge in [-0.15, -0.1) is 0 Å². The van der Waals surface area contributed by atoms with E-state index in [-0.39, 0.29) is 11.7 Å². The first-order valence-corrected chi connectivity index (χ1v) is 11.1. The Bertz CT molecular complexity index is 1420. The van der Waals surface area contributed by atoms with Crippen molar-refractivity contribution < 1.29 is 9.18 Å². The number of nitrogens with zero attached hydrogens (tertiary/aromatic N) is 5. The number of carbonyl (C=O) groups is 1. The molecule has 0 saturated heterocycles. The summed E-state index contributed by atoms with van der Waals surface area (Å²) in [6.07, 6.45) is 10.1. The summed E-state index contributed by atoms with van der Waals surface area (Å²) < 4.78 is 15.2. The topological polar surface area (TPSA) is 85.1 Å². The van der Waals surface area contributed by atoms with Crippen LogP contribution in [0.25, 0.3) is 28.1 Å². The number of fused-ring (bicyclic) bond motifs is 1. The van der Waals surface area contributed by atoms with Crippen LogP contribution < -0.4 is 5.32 Å². The Hall–Kier alpha value is -4.20. The van der Waals surface area contributed by atoms with E-state index in [1.807, 2.05) is 25.4 Å². The minimum Gasteiger partial charge on any atom is -0.352 e. The number of carbonyl (C=O) groups excluding carboxylic acids is 1. The van der Waals surface area contributed by atoms with Crippen molar-refractivity contribution in [1.82, 2.24) is 25.1 Å². The first-order chi connectivity index (χ1) is 16.6. The molecule has 3 heterocycles. The maximum atomic E-state index is 13.5. The molecule has 1 aliphatic rings. The van der Waals surface area contributed by atoms with E-state index in [1.54, 1.807) is 41.2 Å². The van der Waals surface area contributed by atoms with Gasteiger partial charge < -0.3 is 5.32 Å². The summed E-state index contributed by atoms with van der Waals surface area (Å²) in [6, 6.07) is 11.3. The molecule has 7 nitrogen and oxygen atoms in total. The number of amides is 1. The van der Waals surface area contributed by atoms with Gasteiger partial charge in [0.25, 0.3) is 5.91 Å². The minimum atomic E-state index is -0.329. The van der Waals surface area contributed by atoms with Crippen molar-refractivity contribution in [2.24, 2.45) is 4.99 Å². The van der Waals surface area contributed by atoms with Gasteiger partial charge in [0.05, 0.1) is 17.2 Å². The normalized spacial score (nSPS) is 12.8. The molecule has 1 amide bonds. The molecule has 1 aliphatic heterocycles. The largest absolute Gasteiger partial charge is 0.352 e. The first kappa shape index (κ1) is 21.6. The fourth-order valence-electron chi connectivity index (χ4n) is 3.84. The van der Waals surface area contributed by atoms with E-state index in [2.05, 4.69) is 15.4 Å². The van der Waals surface area contributed by atoms with E-state index >= 15 is 0 Å². The van der Waals surface area contributed by atoms with Crippen molar-refractivity contribution >= 4 is 22.7 Å². The Morgan fingerprint density at radius 1 is 1.12 bits per heavy atom. The van der Waals surface area contributed by atoms with Crippen LogP contribution in [0.2, 0.25) is 0 Å². The fourth-order valence-corrected chi connectivity index (χ4v) is 3.84. The van der Waals surface area contributed by atoms with Gasteiger partial charge in [-0.05, 0) is 67.8 Å². The monoisotopic (exact) mass is 454 g/mol. The van der Waals surface area contributed by atoms with Crippen LogP contribution in [0.15, 0.2) is 72.1 Å².